The first-order chi connectivity index (χ1) is 8.42. The highest BCUT2D eigenvalue weighted by molar-refractivity contribution is 9.09. The van der Waals surface area contributed by atoms with Gasteiger partial charge in [0.25, 0.3) is 0 Å². The van der Waals surface area contributed by atoms with Crippen LogP contribution < -0.4 is 0 Å². The van der Waals surface area contributed by atoms with Crippen molar-refractivity contribution in [2.24, 2.45) is 11.3 Å². The zero-order valence-electron chi connectivity index (χ0n) is 10.6. The molecule has 0 aliphatic rings. The van der Waals surface area contributed by atoms with Gasteiger partial charge in [-0.3, -0.25) is 0 Å². The summed E-state index contributed by atoms with van der Waals surface area (Å²) in [4.78, 5) is 0. The highest BCUT2D eigenvalue weighted by Gasteiger charge is 2.29. The Morgan fingerprint density at radius 3 is 2.33 bits per heavy atom. The van der Waals surface area contributed by atoms with Crippen LogP contribution in [0.3, 0.4) is 0 Å². The highest BCUT2D eigenvalue weighted by Crippen LogP contribution is 2.35. The van der Waals surface area contributed by atoms with E-state index in [-0.39, 0.29) is 16.3 Å². The molecule has 0 saturated carbocycles. The number of alkyl halides is 2. The van der Waals surface area contributed by atoms with E-state index in [1.165, 1.54) is 0 Å². The van der Waals surface area contributed by atoms with Crippen LogP contribution in [0.25, 0.3) is 0 Å². The first-order valence-corrected chi connectivity index (χ1v) is 8.60. The Morgan fingerprint density at radius 1 is 1.28 bits per heavy atom. The van der Waals surface area contributed by atoms with Crippen molar-refractivity contribution in [2.45, 2.75) is 26.7 Å². The van der Waals surface area contributed by atoms with Crippen molar-refractivity contribution < 1.29 is 4.39 Å². The van der Waals surface area contributed by atoms with Crippen LogP contribution in [0.4, 0.5) is 4.39 Å². The summed E-state index contributed by atoms with van der Waals surface area (Å²) in [6.45, 7) is 4.42. The Morgan fingerprint density at radius 2 is 1.89 bits per heavy atom. The quantitative estimate of drug-likeness (QED) is 0.526. The first-order valence-electron chi connectivity index (χ1n) is 5.98. The molecule has 4 heteroatoms. The predicted octanol–water partition coefficient (Wildman–Crippen LogP) is 5.84. The third kappa shape index (κ3) is 4.50. The summed E-state index contributed by atoms with van der Waals surface area (Å²) < 4.78 is 13.5. The maximum absolute atomic E-state index is 13.5. The SMILES string of the molecule is CC(C)CC(CBr)(CBr)Cc1ccc(Cl)c(F)c1. The number of rotatable bonds is 6. The van der Waals surface area contributed by atoms with E-state index in [4.69, 9.17) is 11.6 Å². The third-order valence-corrected chi connectivity index (χ3v) is 5.66. The molecule has 0 N–H and O–H groups in total. The lowest BCUT2D eigenvalue weighted by Crippen LogP contribution is -2.29. The largest absolute Gasteiger partial charge is 0.205 e. The fraction of sp³-hybridized carbons (Fsp3) is 0.571. The molecule has 0 amide bonds. The van der Waals surface area contributed by atoms with E-state index in [0.717, 1.165) is 29.1 Å². The summed E-state index contributed by atoms with van der Waals surface area (Å²) in [6, 6.07) is 5.09. The Balaban J connectivity index is 2.92. The molecule has 0 aromatic heterocycles. The van der Waals surface area contributed by atoms with E-state index >= 15 is 0 Å². The third-order valence-electron chi connectivity index (χ3n) is 2.97. The Kier molecular flexibility index (Phi) is 6.63. The number of hydrogen-bond acceptors (Lipinski definition) is 0. The Labute approximate surface area is 131 Å². The summed E-state index contributed by atoms with van der Waals surface area (Å²) >= 11 is 12.9. The molecule has 18 heavy (non-hydrogen) atoms. The number of benzene rings is 1. The minimum absolute atomic E-state index is 0.119. The van der Waals surface area contributed by atoms with Gasteiger partial charge in [0.1, 0.15) is 5.82 Å². The fourth-order valence-electron chi connectivity index (χ4n) is 2.26. The van der Waals surface area contributed by atoms with Gasteiger partial charge in [-0.2, -0.15) is 0 Å². The maximum atomic E-state index is 13.5. The second-order valence-electron chi connectivity index (χ2n) is 5.29. The molecule has 0 radical (unpaired) electrons. The van der Waals surface area contributed by atoms with Gasteiger partial charge in [-0.05, 0) is 41.9 Å². The van der Waals surface area contributed by atoms with Gasteiger partial charge < -0.3 is 0 Å². The van der Waals surface area contributed by atoms with Crippen LogP contribution in [0.15, 0.2) is 18.2 Å². The zero-order chi connectivity index (χ0) is 13.8. The summed E-state index contributed by atoms with van der Waals surface area (Å²) in [5.74, 6) is 0.272. The fourth-order valence-corrected chi connectivity index (χ4v) is 4.16. The monoisotopic (exact) mass is 398 g/mol. The second-order valence-corrected chi connectivity index (χ2v) is 6.82. The van der Waals surface area contributed by atoms with Gasteiger partial charge in [-0.15, -0.1) is 0 Å². The molecule has 0 aliphatic carbocycles. The summed E-state index contributed by atoms with van der Waals surface area (Å²) in [7, 11) is 0. The number of hydrogen-bond donors (Lipinski definition) is 0. The smallest absolute Gasteiger partial charge is 0.142 e. The maximum Gasteiger partial charge on any atom is 0.142 e. The normalized spacial score (nSPS) is 12.2. The molecular formula is C14H18Br2ClF. The van der Waals surface area contributed by atoms with Crippen LogP contribution in [0, 0.1) is 17.2 Å². The van der Waals surface area contributed by atoms with Crippen LogP contribution in [-0.4, -0.2) is 10.7 Å². The van der Waals surface area contributed by atoms with E-state index in [2.05, 4.69) is 45.7 Å². The molecular weight excluding hydrogens is 382 g/mol. The minimum Gasteiger partial charge on any atom is -0.205 e. The van der Waals surface area contributed by atoms with Crippen molar-refractivity contribution in [3.8, 4) is 0 Å². The highest BCUT2D eigenvalue weighted by atomic mass is 79.9. The van der Waals surface area contributed by atoms with Crippen LogP contribution in [0.2, 0.25) is 5.02 Å². The van der Waals surface area contributed by atoms with Crippen molar-refractivity contribution in [3.05, 3.63) is 34.6 Å². The Bertz CT molecular complexity index is 389. The summed E-state index contributed by atoms with van der Waals surface area (Å²) in [5, 5.41) is 1.98. The molecule has 1 rings (SSSR count). The molecule has 0 heterocycles. The van der Waals surface area contributed by atoms with Gasteiger partial charge in [0.2, 0.25) is 0 Å². The topological polar surface area (TPSA) is 0 Å². The van der Waals surface area contributed by atoms with Crippen molar-refractivity contribution in [3.63, 3.8) is 0 Å². The lowest BCUT2D eigenvalue weighted by atomic mass is 9.79. The molecule has 0 spiro atoms. The van der Waals surface area contributed by atoms with Crippen LogP contribution in [-0.2, 0) is 6.42 Å². The van der Waals surface area contributed by atoms with Crippen molar-refractivity contribution >= 4 is 43.5 Å². The molecule has 1 aromatic rings. The average Bonchev–Trinajstić information content (AvgIpc) is 2.32. The van der Waals surface area contributed by atoms with Gasteiger partial charge in [0.15, 0.2) is 0 Å². The second kappa shape index (κ2) is 7.25. The van der Waals surface area contributed by atoms with Crippen LogP contribution >= 0.6 is 43.5 Å². The van der Waals surface area contributed by atoms with Gasteiger partial charge in [-0.1, -0.05) is 63.4 Å². The molecule has 0 saturated heterocycles. The molecule has 102 valence electrons. The molecule has 0 bridgehead atoms. The molecule has 0 aliphatic heterocycles. The molecule has 0 unspecified atom stereocenters. The van der Waals surface area contributed by atoms with E-state index in [0.29, 0.717) is 5.92 Å². The standard InChI is InChI=1S/C14H18Br2ClF/c1-10(2)6-14(8-15,9-16)7-11-3-4-12(17)13(18)5-11/h3-5,10H,6-9H2,1-2H3. The molecule has 0 fully saturated rings. The van der Waals surface area contributed by atoms with Gasteiger partial charge in [0.05, 0.1) is 5.02 Å². The van der Waals surface area contributed by atoms with Crippen LogP contribution in [0.1, 0.15) is 25.8 Å². The van der Waals surface area contributed by atoms with Gasteiger partial charge >= 0.3 is 0 Å². The van der Waals surface area contributed by atoms with Crippen molar-refractivity contribution in [2.75, 3.05) is 10.7 Å². The molecule has 1 aromatic carbocycles. The first kappa shape index (κ1) is 16.5. The van der Waals surface area contributed by atoms with E-state index in [1.807, 2.05) is 6.07 Å². The predicted molar refractivity (Wildman–Crippen MR) is 84.6 cm³/mol. The number of halogens is 4. The van der Waals surface area contributed by atoms with Gasteiger partial charge in [-0.25, -0.2) is 4.39 Å². The zero-order valence-corrected chi connectivity index (χ0v) is 14.6. The van der Waals surface area contributed by atoms with Crippen molar-refractivity contribution in [1.29, 1.82) is 0 Å². The summed E-state index contributed by atoms with van der Waals surface area (Å²) in [6.07, 6.45) is 1.93. The van der Waals surface area contributed by atoms with Crippen LogP contribution in [0.5, 0.6) is 0 Å². The Hall–Kier alpha value is 0.400. The van der Waals surface area contributed by atoms with Gasteiger partial charge in [0, 0.05) is 10.7 Å². The van der Waals surface area contributed by atoms with E-state index in [9.17, 15) is 4.39 Å². The molecule has 0 nitrogen and oxygen atoms in total. The average molecular weight is 401 g/mol. The molecule has 0 atom stereocenters. The lowest BCUT2D eigenvalue weighted by Gasteiger charge is -2.32. The lowest BCUT2D eigenvalue weighted by molar-refractivity contribution is 0.304. The van der Waals surface area contributed by atoms with Crippen molar-refractivity contribution in [1.82, 2.24) is 0 Å². The summed E-state index contributed by atoms with van der Waals surface area (Å²) in [5.41, 5.74) is 1.12. The van der Waals surface area contributed by atoms with E-state index in [1.54, 1.807) is 12.1 Å². The van der Waals surface area contributed by atoms with E-state index < -0.39 is 0 Å². The minimum atomic E-state index is -0.336.